The van der Waals surface area contributed by atoms with Gasteiger partial charge in [0.05, 0.1) is 11.0 Å². The lowest BCUT2D eigenvalue weighted by atomic mass is 10.1. The lowest BCUT2D eigenvalue weighted by molar-refractivity contribution is 0.204. The van der Waals surface area contributed by atoms with Crippen molar-refractivity contribution in [3.8, 4) is 11.4 Å². The van der Waals surface area contributed by atoms with Crippen LogP contribution < -0.4 is 0 Å². The van der Waals surface area contributed by atoms with E-state index < -0.39 is 16.1 Å². The van der Waals surface area contributed by atoms with E-state index in [1.54, 1.807) is 18.2 Å². The Hall–Kier alpha value is -2.20. The number of aliphatic hydroxyl groups excluding tert-OH is 1. The van der Waals surface area contributed by atoms with E-state index in [9.17, 15) is 13.5 Å². The quantitative estimate of drug-likeness (QED) is 0.391. The van der Waals surface area contributed by atoms with Gasteiger partial charge < -0.3 is 5.11 Å². The maximum Gasteiger partial charge on any atom is 0.243 e. The lowest BCUT2D eigenvalue weighted by Gasteiger charge is -2.20. The van der Waals surface area contributed by atoms with E-state index in [1.165, 1.54) is 16.1 Å². The van der Waals surface area contributed by atoms with Crippen LogP contribution in [0.15, 0.2) is 64.6 Å². The molecule has 178 valence electrons. The first-order valence-corrected chi connectivity index (χ1v) is 13.7. The second-order valence-corrected chi connectivity index (χ2v) is 10.7. The molecule has 0 aliphatic heterocycles. The summed E-state index contributed by atoms with van der Waals surface area (Å²) in [6, 6.07) is 16.5. The SMILES string of the molecule is CC[C@H](C)n1c(SC[C@@H](O)c2ccccc2)nnc1-c1cccc(S(=O)(=O)N(CC)CC)c1. The Kier molecular flexibility index (Phi) is 8.69. The summed E-state index contributed by atoms with van der Waals surface area (Å²) >= 11 is 1.44. The Bertz CT molecular complexity index is 1150. The summed E-state index contributed by atoms with van der Waals surface area (Å²) in [5, 5.41) is 20.1. The maximum atomic E-state index is 13.0. The number of sulfonamides is 1. The summed E-state index contributed by atoms with van der Waals surface area (Å²) < 4.78 is 29.5. The summed E-state index contributed by atoms with van der Waals surface area (Å²) in [6.07, 6.45) is 0.237. The zero-order chi connectivity index (χ0) is 24.0. The fraction of sp³-hybridized carbons (Fsp3) is 0.417. The number of hydrogen-bond donors (Lipinski definition) is 1. The minimum Gasteiger partial charge on any atom is -0.388 e. The molecule has 1 aromatic heterocycles. The maximum absolute atomic E-state index is 13.0. The van der Waals surface area contributed by atoms with Crippen LogP contribution in [-0.2, 0) is 10.0 Å². The molecule has 0 saturated heterocycles. The van der Waals surface area contributed by atoms with E-state index >= 15 is 0 Å². The standard InChI is InChI=1S/C24H32N4O3S2/c1-5-18(4)28-23(20-14-11-15-21(16-20)33(30,31)27(6-2)7-3)25-26-24(28)32-17-22(29)19-12-9-8-10-13-19/h8-16,18,22,29H,5-7,17H2,1-4H3/t18-,22+/m0/s1. The molecule has 33 heavy (non-hydrogen) atoms. The first kappa shape index (κ1) is 25.4. The summed E-state index contributed by atoms with van der Waals surface area (Å²) in [5.41, 5.74) is 1.56. The van der Waals surface area contributed by atoms with Crippen molar-refractivity contribution < 1.29 is 13.5 Å². The number of hydrogen-bond acceptors (Lipinski definition) is 6. The zero-order valence-corrected chi connectivity index (χ0v) is 21.2. The van der Waals surface area contributed by atoms with Crippen LogP contribution in [0.1, 0.15) is 51.8 Å². The molecule has 1 N–H and O–H groups in total. The third kappa shape index (κ3) is 5.66. The van der Waals surface area contributed by atoms with E-state index in [0.717, 1.165) is 12.0 Å². The highest BCUT2D eigenvalue weighted by molar-refractivity contribution is 7.99. The van der Waals surface area contributed by atoms with Crippen molar-refractivity contribution in [2.24, 2.45) is 0 Å². The van der Waals surface area contributed by atoms with E-state index in [0.29, 0.717) is 35.4 Å². The molecule has 0 unspecified atom stereocenters. The summed E-state index contributed by atoms with van der Waals surface area (Å²) in [5.74, 6) is 1.06. The highest BCUT2D eigenvalue weighted by atomic mass is 32.2. The van der Waals surface area contributed by atoms with Crippen LogP contribution >= 0.6 is 11.8 Å². The van der Waals surface area contributed by atoms with Crippen molar-refractivity contribution in [1.82, 2.24) is 19.1 Å². The molecule has 0 bridgehead atoms. The molecule has 0 fully saturated rings. The van der Waals surface area contributed by atoms with E-state index in [-0.39, 0.29) is 10.9 Å². The third-order valence-corrected chi connectivity index (χ3v) is 8.75. The predicted octanol–water partition coefficient (Wildman–Crippen LogP) is 4.77. The predicted molar refractivity (Wildman–Crippen MR) is 133 cm³/mol. The second-order valence-electron chi connectivity index (χ2n) is 7.79. The minimum absolute atomic E-state index is 0.106. The average Bonchev–Trinajstić information content (AvgIpc) is 3.27. The van der Waals surface area contributed by atoms with Gasteiger partial charge >= 0.3 is 0 Å². The van der Waals surface area contributed by atoms with Crippen LogP contribution in [0.4, 0.5) is 0 Å². The molecule has 0 amide bonds. The fourth-order valence-electron chi connectivity index (χ4n) is 3.59. The summed E-state index contributed by atoms with van der Waals surface area (Å²) in [4.78, 5) is 0.246. The van der Waals surface area contributed by atoms with Crippen molar-refractivity contribution in [2.45, 2.75) is 56.3 Å². The smallest absolute Gasteiger partial charge is 0.243 e. The largest absolute Gasteiger partial charge is 0.388 e. The molecule has 0 aliphatic carbocycles. The van der Waals surface area contributed by atoms with E-state index in [1.807, 2.05) is 54.8 Å². The Balaban J connectivity index is 1.94. The van der Waals surface area contributed by atoms with Gasteiger partial charge in [-0.3, -0.25) is 4.57 Å². The summed E-state index contributed by atoms with van der Waals surface area (Å²) in [7, 11) is -3.58. The molecule has 0 saturated carbocycles. The van der Waals surface area contributed by atoms with Gasteiger partial charge in [0.15, 0.2) is 11.0 Å². The topological polar surface area (TPSA) is 88.3 Å². The van der Waals surface area contributed by atoms with Gasteiger partial charge in [-0.1, -0.05) is 75.0 Å². The molecule has 3 rings (SSSR count). The molecule has 0 aliphatic rings. The van der Waals surface area contributed by atoms with Crippen LogP contribution in [0.5, 0.6) is 0 Å². The van der Waals surface area contributed by atoms with Crippen LogP contribution in [0.2, 0.25) is 0 Å². The third-order valence-electron chi connectivity index (χ3n) is 5.69. The molecule has 2 atom stereocenters. The van der Waals surface area contributed by atoms with Crippen molar-refractivity contribution in [1.29, 1.82) is 0 Å². The van der Waals surface area contributed by atoms with Gasteiger partial charge in [-0.25, -0.2) is 8.42 Å². The zero-order valence-electron chi connectivity index (χ0n) is 19.5. The molecule has 0 radical (unpaired) electrons. The van der Waals surface area contributed by atoms with Crippen LogP contribution in [0.3, 0.4) is 0 Å². The number of aliphatic hydroxyl groups is 1. The number of aromatic nitrogens is 3. The molecule has 9 heteroatoms. The molecule has 7 nitrogen and oxygen atoms in total. The van der Waals surface area contributed by atoms with Crippen molar-refractivity contribution in [3.63, 3.8) is 0 Å². The van der Waals surface area contributed by atoms with E-state index in [4.69, 9.17) is 0 Å². The normalized spacial score (nSPS) is 13.9. The van der Waals surface area contributed by atoms with Gasteiger partial charge in [0.2, 0.25) is 10.0 Å². The van der Waals surface area contributed by atoms with Gasteiger partial charge in [-0.2, -0.15) is 4.31 Å². The first-order chi connectivity index (χ1) is 15.8. The van der Waals surface area contributed by atoms with Crippen molar-refractivity contribution >= 4 is 21.8 Å². The number of benzene rings is 2. The Morgan fingerprint density at radius 1 is 1.03 bits per heavy atom. The highest BCUT2D eigenvalue weighted by Gasteiger charge is 2.24. The first-order valence-electron chi connectivity index (χ1n) is 11.2. The van der Waals surface area contributed by atoms with E-state index in [2.05, 4.69) is 24.0 Å². The Morgan fingerprint density at radius 2 is 1.73 bits per heavy atom. The molecule has 2 aromatic carbocycles. The van der Waals surface area contributed by atoms with Gasteiger partial charge in [0, 0.05) is 30.4 Å². The number of rotatable bonds is 11. The fourth-order valence-corrected chi connectivity index (χ4v) is 6.09. The Morgan fingerprint density at radius 3 is 2.36 bits per heavy atom. The number of nitrogens with zero attached hydrogens (tertiary/aromatic N) is 4. The van der Waals surface area contributed by atoms with Crippen LogP contribution in [-0.4, -0.2) is 51.4 Å². The summed E-state index contributed by atoms with van der Waals surface area (Å²) in [6.45, 7) is 8.66. The minimum atomic E-state index is -3.58. The average molecular weight is 489 g/mol. The van der Waals surface area contributed by atoms with Gasteiger partial charge in [-0.05, 0) is 31.0 Å². The molecular weight excluding hydrogens is 456 g/mol. The molecular formula is C24H32N4O3S2. The highest BCUT2D eigenvalue weighted by Crippen LogP contribution is 2.32. The van der Waals surface area contributed by atoms with Gasteiger partial charge in [0.25, 0.3) is 0 Å². The van der Waals surface area contributed by atoms with Gasteiger partial charge in [0.1, 0.15) is 0 Å². The molecule has 1 heterocycles. The molecule has 3 aromatic rings. The van der Waals surface area contributed by atoms with Crippen molar-refractivity contribution in [2.75, 3.05) is 18.8 Å². The van der Waals surface area contributed by atoms with Crippen LogP contribution in [0.25, 0.3) is 11.4 Å². The van der Waals surface area contributed by atoms with Gasteiger partial charge in [-0.15, -0.1) is 10.2 Å². The van der Waals surface area contributed by atoms with Crippen molar-refractivity contribution in [3.05, 3.63) is 60.2 Å². The number of thioether (sulfide) groups is 1. The lowest BCUT2D eigenvalue weighted by Crippen LogP contribution is -2.30. The second kappa shape index (κ2) is 11.3. The molecule has 0 spiro atoms. The Labute approximate surface area is 200 Å². The van der Waals surface area contributed by atoms with Crippen LogP contribution in [0, 0.1) is 0 Å². The monoisotopic (exact) mass is 488 g/mol.